The van der Waals surface area contributed by atoms with E-state index in [1.54, 1.807) is 31.2 Å². The number of hydrogen-bond donors (Lipinski definition) is 2. The number of rotatable bonds is 1. The van der Waals surface area contributed by atoms with E-state index in [4.69, 9.17) is 0 Å². The van der Waals surface area contributed by atoms with E-state index in [0.29, 0.717) is 11.1 Å². The van der Waals surface area contributed by atoms with E-state index in [1.165, 1.54) is 6.92 Å². The summed E-state index contributed by atoms with van der Waals surface area (Å²) in [5, 5.41) is 20.2. The van der Waals surface area contributed by atoms with Crippen molar-refractivity contribution in [3.05, 3.63) is 35.4 Å². The molecule has 1 aromatic rings. The van der Waals surface area contributed by atoms with Gasteiger partial charge in [-0.25, -0.2) is 4.39 Å². The van der Waals surface area contributed by atoms with Crippen LogP contribution in [-0.4, -0.2) is 15.9 Å². The van der Waals surface area contributed by atoms with Gasteiger partial charge < -0.3 is 10.2 Å². The van der Waals surface area contributed by atoms with Gasteiger partial charge in [0.15, 0.2) is 5.67 Å². The van der Waals surface area contributed by atoms with Gasteiger partial charge in [-0.05, 0) is 24.5 Å². The van der Waals surface area contributed by atoms with Crippen LogP contribution in [0.15, 0.2) is 24.3 Å². The molecule has 3 atom stereocenters. The van der Waals surface area contributed by atoms with Gasteiger partial charge in [0.2, 0.25) is 0 Å². The topological polar surface area (TPSA) is 40.5 Å². The molecule has 0 bridgehead atoms. The number of aliphatic hydroxyl groups is 2. The van der Waals surface area contributed by atoms with E-state index in [-0.39, 0.29) is 6.42 Å². The third kappa shape index (κ3) is 1.11. The molecule has 0 aliphatic heterocycles. The van der Waals surface area contributed by atoms with Crippen LogP contribution in [-0.2, 0) is 5.60 Å². The summed E-state index contributed by atoms with van der Waals surface area (Å²) in [6.07, 6.45) is -1.01. The molecule has 0 amide bonds. The van der Waals surface area contributed by atoms with Gasteiger partial charge in [-0.2, -0.15) is 0 Å². The molecule has 15 heavy (non-hydrogen) atoms. The van der Waals surface area contributed by atoms with E-state index in [9.17, 15) is 14.6 Å². The fraction of sp³-hybridized carbons (Fsp3) is 0.500. The van der Waals surface area contributed by atoms with Gasteiger partial charge in [-0.15, -0.1) is 0 Å². The summed E-state index contributed by atoms with van der Waals surface area (Å²) in [7, 11) is 0. The molecule has 0 radical (unpaired) electrons. The Morgan fingerprint density at radius 1 is 1.40 bits per heavy atom. The van der Waals surface area contributed by atoms with E-state index < -0.39 is 17.4 Å². The van der Waals surface area contributed by atoms with Crippen LogP contribution in [0.2, 0.25) is 0 Å². The van der Waals surface area contributed by atoms with Crippen molar-refractivity contribution < 1.29 is 14.6 Å². The zero-order chi connectivity index (χ0) is 11.3. The molecule has 1 aliphatic carbocycles. The van der Waals surface area contributed by atoms with Crippen molar-refractivity contribution in [2.24, 2.45) is 0 Å². The first-order valence-corrected chi connectivity index (χ1v) is 5.14. The lowest BCUT2D eigenvalue weighted by Gasteiger charge is -2.34. The Balaban J connectivity index is 2.67. The second-order valence-corrected chi connectivity index (χ2v) is 4.28. The summed E-state index contributed by atoms with van der Waals surface area (Å²) in [6.45, 7) is 2.97. The summed E-state index contributed by atoms with van der Waals surface area (Å²) < 4.78 is 14.3. The molecule has 0 spiro atoms. The van der Waals surface area contributed by atoms with Crippen LogP contribution < -0.4 is 0 Å². The number of benzene rings is 1. The third-order valence-corrected chi connectivity index (χ3v) is 3.53. The van der Waals surface area contributed by atoms with Crippen molar-refractivity contribution in [2.75, 3.05) is 0 Å². The maximum atomic E-state index is 14.3. The molecule has 0 fully saturated rings. The highest BCUT2D eigenvalue weighted by Gasteiger charge is 2.59. The van der Waals surface area contributed by atoms with E-state index in [0.717, 1.165) is 0 Å². The predicted octanol–water partition coefficient (Wildman–Crippen LogP) is 2.06. The van der Waals surface area contributed by atoms with Crippen LogP contribution in [0.5, 0.6) is 0 Å². The van der Waals surface area contributed by atoms with Crippen LogP contribution in [0.4, 0.5) is 4.39 Å². The Labute approximate surface area is 88.4 Å². The largest absolute Gasteiger partial charge is 0.385 e. The molecule has 1 unspecified atom stereocenters. The highest BCUT2D eigenvalue weighted by molar-refractivity contribution is 5.44. The first-order chi connectivity index (χ1) is 6.95. The highest BCUT2D eigenvalue weighted by atomic mass is 19.1. The molecule has 0 aromatic heterocycles. The summed E-state index contributed by atoms with van der Waals surface area (Å²) in [5.74, 6) is 0. The average Bonchev–Trinajstić information content (AvgIpc) is 2.40. The third-order valence-electron chi connectivity index (χ3n) is 3.53. The van der Waals surface area contributed by atoms with Gasteiger partial charge in [0.05, 0.1) is 0 Å². The second-order valence-electron chi connectivity index (χ2n) is 4.28. The molecule has 0 saturated carbocycles. The van der Waals surface area contributed by atoms with Crippen molar-refractivity contribution in [3.8, 4) is 0 Å². The molecule has 3 heteroatoms. The first-order valence-electron chi connectivity index (χ1n) is 5.14. The van der Waals surface area contributed by atoms with Crippen LogP contribution >= 0.6 is 0 Å². The smallest absolute Gasteiger partial charge is 0.170 e. The lowest BCUT2D eigenvalue weighted by Crippen LogP contribution is -2.44. The molecule has 82 valence electrons. The van der Waals surface area contributed by atoms with Crippen molar-refractivity contribution in [1.29, 1.82) is 0 Å². The van der Waals surface area contributed by atoms with Crippen molar-refractivity contribution in [1.82, 2.24) is 0 Å². The van der Waals surface area contributed by atoms with Crippen LogP contribution in [0.25, 0.3) is 0 Å². The fourth-order valence-electron chi connectivity index (χ4n) is 2.43. The fourth-order valence-corrected chi connectivity index (χ4v) is 2.43. The second kappa shape index (κ2) is 3.03. The maximum absolute atomic E-state index is 14.3. The van der Waals surface area contributed by atoms with Gasteiger partial charge >= 0.3 is 0 Å². The van der Waals surface area contributed by atoms with Gasteiger partial charge in [0, 0.05) is 0 Å². The first kappa shape index (κ1) is 10.6. The SMILES string of the molecule is CC[C@@]1(O)c2ccccc2[C@@H](O)C1(C)F. The molecule has 2 N–H and O–H groups in total. The summed E-state index contributed by atoms with van der Waals surface area (Å²) in [6, 6.07) is 6.81. The molecule has 2 rings (SSSR count). The maximum Gasteiger partial charge on any atom is 0.170 e. The standard InChI is InChI=1S/C12H15FO2/c1-3-12(15)9-7-5-4-6-8(9)10(14)11(12,2)13/h4-7,10,14-15H,3H2,1-2H3/t10-,11?,12-/m1/s1. The Morgan fingerprint density at radius 2 is 2.00 bits per heavy atom. The number of alkyl halides is 1. The van der Waals surface area contributed by atoms with Crippen LogP contribution in [0, 0.1) is 0 Å². The monoisotopic (exact) mass is 210 g/mol. The van der Waals surface area contributed by atoms with Crippen molar-refractivity contribution in [3.63, 3.8) is 0 Å². The molecular weight excluding hydrogens is 195 g/mol. The van der Waals surface area contributed by atoms with Crippen molar-refractivity contribution >= 4 is 0 Å². The quantitative estimate of drug-likeness (QED) is 0.744. The molecule has 1 aliphatic rings. The van der Waals surface area contributed by atoms with Gasteiger partial charge in [-0.3, -0.25) is 0 Å². The molecular formula is C12H15FO2. The van der Waals surface area contributed by atoms with E-state index >= 15 is 0 Å². The Morgan fingerprint density at radius 3 is 2.60 bits per heavy atom. The Kier molecular flexibility index (Phi) is 2.14. The predicted molar refractivity (Wildman–Crippen MR) is 55.1 cm³/mol. The van der Waals surface area contributed by atoms with E-state index in [2.05, 4.69) is 0 Å². The highest BCUT2D eigenvalue weighted by Crippen LogP contribution is 2.54. The Bertz CT molecular complexity index is 389. The number of fused-ring (bicyclic) bond motifs is 1. The number of aliphatic hydroxyl groups excluding tert-OH is 1. The number of halogens is 1. The molecule has 0 saturated heterocycles. The number of hydrogen-bond acceptors (Lipinski definition) is 2. The van der Waals surface area contributed by atoms with Gasteiger partial charge in [0.25, 0.3) is 0 Å². The van der Waals surface area contributed by atoms with Crippen LogP contribution in [0.1, 0.15) is 37.5 Å². The zero-order valence-electron chi connectivity index (χ0n) is 8.87. The average molecular weight is 210 g/mol. The summed E-state index contributed by atoms with van der Waals surface area (Å²) in [4.78, 5) is 0. The minimum absolute atomic E-state index is 0.244. The van der Waals surface area contributed by atoms with E-state index in [1.807, 2.05) is 0 Å². The molecule has 2 nitrogen and oxygen atoms in total. The summed E-state index contributed by atoms with van der Waals surface area (Å²) in [5.41, 5.74) is -2.61. The van der Waals surface area contributed by atoms with Crippen LogP contribution in [0.3, 0.4) is 0 Å². The summed E-state index contributed by atoms with van der Waals surface area (Å²) >= 11 is 0. The molecule has 0 heterocycles. The normalized spacial score (nSPS) is 39.1. The van der Waals surface area contributed by atoms with Crippen molar-refractivity contribution in [2.45, 2.75) is 37.6 Å². The van der Waals surface area contributed by atoms with Gasteiger partial charge in [-0.1, -0.05) is 31.2 Å². The zero-order valence-corrected chi connectivity index (χ0v) is 8.87. The van der Waals surface area contributed by atoms with Gasteiger partial charge in [0.1, 0.15) is 11.7 Å². The lowest BCUT2D eigenvalue weighted by molar-refractivity contribution is -0.140. The Hall–Kier alpha value is -0.930. The minimum Gasteiger partial charge on any atom is -0.385 e. The molecule has 1 aromatic carbocycles. The lowest BCUT2D eigenvalue weighted by atomic mass is 9.83. The minimum atomic E-state index is -2.02.